The van der Waals surface area contributed by atoms with Crippen LogP contribution in [0.1, 0.15) is 37.0 Å². The molecule has 0 radical (unpaired) electrons. The number of amides is 1. The summed E-state index contributed by atoms with van der Waals surface area (Å²) in [5, 5.41) is 9.73. The molecule has 3 heterocycles. The molecule has 2 aliphatic heterocycles. The summed E-state index contributed by atoms with van der Waals surface area (Å²) in [6, 6.07) is 2.09. The fourth-order valence-corrected chi connectivity index (χ4v) is 5.37. The van der Waals surface area contributed by atoms with E-state index in [1.165, 1.54) is 16.7 Å². The van der Waals surface area contributed by atoms with Crippen LogP contribution in [0.3, 0.4) is 0 Å². The van der Waals surface area contributed by atoms with Gasteiger partial charge in [-0.2, -0.15) is 5.26 Å². The van der Waals surface area contributed by atoms with Crippen LogP contribution in [0, 0.1) is 18.3 Å². The number of anilines is 1. The Morgan fingerprint density at radius 2 is 1.91 bits per heavy atom. The molecule has 3 rings (SSSR count). The summed E-state index contributed by atoms with van der Waals surface area (Å²) in [5.74, 6) is 0.617. The van der Waals surface area contributed by atoms with Crippen LogP contribution in [0.25, 0.3) is 6.08 Å². The van der Waals surface area contributed by atoms with Crippen molar-refractivity contribution in [3.8, 4) is 6.07 Å². The van der Waals surface area contributed by atoms with E-state index in [0.717, 1.165) is 50.5 Å². The van der Waals surface area contributed by atoms with Crippen LogP contribution in [-0.4, -0.2) is 63.9 Å². The molecule has 1 amide bonds. The SMILES string of the molecule is C=CCN1C(=O)C(=Cc2c(C)c(C#N)c(=O)n(CCC)c2N2CCN(CC)CC2)SC1=S. The number of nitriles is 1. The van der Waals surface area contributed by atoms with Gasteiger partial charge < -0.3 is 9.80 Å². The standard InChI is InChI=1S/C23H29N5O2S2/c1-5-8-27-20(26-12-10-25(7-3)11-13-26)17(16(4)18(15-24)21(27)29)14-19-22(30)28(9-6-2)23(31)32-19/h6,14H,2,5,7-13H2,1,3-4H3. The second-order valence-electron chi connectivity index (χ2n) is 7.81. The van der Waals surface area contributed by atoms with Crippen molar-refractivity contribution in [2.75, 3.05) is 44.2 Å². The highest BCUT2D eigenvalue weighted by atomic mass is 32.2. The molecule has 0 atom stereocenters. The Labute approximate surface area is 199 Å². The summed E-state index contributed by atoms with van der Waals surface area (Å²) in [6.45, 7) is 14.9. The van der Waals surface area contributed by atoms with Gasteiger partial charge in [0.2, 0.25) is 0 Å². The fourth-order valence-electron chi connectivity index (χ4n) is 4.11. The van der Waals surface area contributed by atoms with E-state index < -0.39 is 0 Å². The van der Waals surface area contributed by atoms with Gasteiger partial charge in [0.1, 0.15) is 21.8 Å². The van der Waals surface area contributed by atoms with Crippen molar-refractivity contribution < 1.29 is 4.79 Å². The van der Waals surface area contributed by atoms with Crippen molar-refractivity contribution >= 4 is 46.1 Å². The number of carbonyl (C=O) groups is 1. The van der Waals surface area contributed by atoms with Gasteiger partial charge in [-0.3, -0.25) is 19.1 Å². The largest absolute Gasteiger partial charge is 0.355 e. The zero-order valence-corrected chi connectivity index (χ0v) is 20.5. The summed E-state index contributed by atoms with van der Waals surface area (Å²) >= 11 is 6.63. The molecule has 170 valence electrons. The molecule has 0 N–H and O–H groups in total. The van der Waals surface area contributed by atoms with E-state index in [2.05, 4.69) is 29.4 Å². The lowest BCUT2D eigenvalue weighted by molar-refractivity contribution is -0.121. The van der Waals surface area contributed by atoms with Crippen LogP contribution in [0.5, 0.6) is 0 Å². The quantitative estimate of drug-likeness (QED) is 0.344. The monoisotopic (exact) mass is 471 g/mol. The lowest BCUT2D eigenvalue weighted by Crippen LogP contribution is -2.48. The topological polar surface area (TPSA) is 72.6 Å². The molecule has 0 aromatic carbocycles. The highest BCUT2D eigenvalue weighted by Gasteiger charge is 2.33. The number of pyridine rings is 1. The molecule has 9 heteroatoms. The Hall–Kier alpha value is -2.41. The summed E-state index contributed by atoms with van der Waals surface area (Å²) < 4.78 is 2.20. The molecule has 0 spiro atoms. The van der Waals surface area contributed by atoms with Crippen LogP contribution in [0.2, 0.25) is 0 Å². The number of hydrogen-bond acceptors (Lipinski definition) is 7. The highest BCUT2D eigenvalue weighted by molar-refractivity contribution is 8.26. The van der Waals surface area contributed by atoms with Crippen LogP contribution in [0.4, 0.5) is 5.82 Å². The van der Waals surface area contributed by atoms with Gasteiger partial charge in [-0.05, 0) is 31.5 Å². The smallest absolute Gasteiger partial charge is 0.270 e. The first-order valence-corrected chi connectivity index (χ1v) is 12.1. The average molecular weight is 472 g/mol. The van der Waals surface area contributed by atoms with Crippen molar-refractivity contribution in [2.24, 2.45) is 0 Å². The maximum Gasteiger partial charge on any atom is 0.270 e. The minimum absolute atomic E-state index is 0.127. The van der Waals surface area contributed by atoms with E-state index in [-0.39, 0.29) is 17.0 Å². The number of nitrogens with zero attached hydrogens (tertiary/aromatic N) is 5. The maximum absolute atomic E-state index is 13.2. The average Bonchev–Trinajstić information content (AvgIpc) is 3.05. The number of piperazine rings is 1. The number of likely N-dealkylation sites (N-methyl/N-ethyl adjacent to an activating group) is 1. The predicted molar refractivity (Wildman–Crippen MR) is 135 cm³/mol. The predicted octanol–water partition coefficient (Wildman–Crippen LogP) is 2.97. The first-order chi connectivity index (χ1) is 15.4. The molecule has 2 aliphatic rings. The van der Waals surface area contributed by atoms with Crippen molar-refractivity contribution in [1.82, 2.24) is 14.4 Å². The normalized spacial score (nSPS) is 18.5. The molecular weight excluding hydrogens is 442 g/mol. The lowest BCUT2D eigenvalue weighted by Gasteiger charge is -2.37. The van der Waals surface area contributed by atoms with Gasteiger partial charge in [-0.25, -0.2) is 0 Å². The number of hydrogen-bond donors (Lipinski definition) is 0. The Morgan fingerprint density at radius 3 is 2.47 bits per heavy atom. The van der Waals surface area contributed by atoms with Gasteiger partial charge in [0, 0.05) is 44.8 Å². The number of carbonyl (C=O) groups excluding carboxylic acids is 1. The molecule has 0 unspecified atom stereocenters. The minimum atomic E-state index is -0.267. The third kappa shape index (κ3) is 4.53. The molecule has 7 nitrogen and oxygen atoms in total. The van der Waals surface area contributed by atoms with E-state index >= 15 is 0 Å². The number of rotatable bonds is 7. The second kappa shape index (κ2) is 10.5. The van der Waals surface area contributed by atoms with E-state index in [0.29, 0.717) is 27.9 Å². The van der Waals surface area contributed by atoms with E-state index in [1.54, 1.807) is 17.6 Å². The van der Waals surface area contributed by atoms with Crippen LogP contribution in [-0.2, 0) is 11.3 Å². The van der Waals surface area contributed by atoms with Gasteiger partial charge >= 0.3 is 0 Å². The Balaban J connectivity index is 2.20. The van der Waals surface area contributed by atoms with Crippen LogP contribution in [0.15, 0.2) is 22.4 Å². The minimum Gasteiger partial charge on any atom is -0.355 e. The first-order valence-electron chi connectivity index (χ1n) is 10.9. The van der Waals surface area contributed by atoms with E-state index in [1.807, 2.05) is 13.0 Å². The molecule has 0 aliphatic carbocycles. The molecule has 0 saturated carbocycles. The van der Waals surface area contributed by atoms with E-state index in [4.69, 9.17) is 12.2 Å². The number of thioether (sulfide) groups is 1. The summed E-state index contributed by atoms with van der Waals surface area (Å²) in [5.41, 5.74) is 1.21. The molecular formula is C23H29N5O2S2. The summed E-state index contributed by atoms with van der Waals surface area (Å²) in [6.07, 6.45) is 4.22. The zero-order valence-electron chi connectivity index (χ0n) is 18.9. The zero-order chi connectivity index (χ0) is 23.4. The Kier molecular flexibility index (Phi) is 7.93. The third-order valence-corrected chi connectivity index (χ3v) is 7.25. The molecule has 1 aromatic rings. The first kappa shape index (κ1) is 24.2. The van der Waals surface area contributed by atoms with Crippen LogP contribution >= 0.6 is 24.0 Å². The van der Waals surface area contributed by atoms with Gasteiger partial charge in [0.05, 0.1) is 4.91 Å². The Morgan fingerprint density at radius 1 is 1.22 bits per heavy atom. The van der Waals surface area contributed by atoms with Gasteiger partial charge in [0.15, 0.2) is 0 Å². The van der Waals surface area contributed by atoms with Gasteiger partial charge in [-0.1, -0.05) is 43.9 Å². The highest BCUT2D eigenvalue weighted by Crippen LogP contribution is 2.36. The third-order valence-electron chi connectivity index (χ3n) is 5.87. The van der Waals surface area contributed by atoms with E-state index in [9.17, 15) is 14.9 Å². The fraction of sp³-hybridized carbons (Fsp3) is 0.478. The van der Waals surface area contributed by atoms with Crippen molar-refractivity contribution in [1.29, 1.82) is 5.26 Å². The molecule has 2 fully saturated rings. The number of aromatic nitrogens is 1. The molecule has 0 bridgehead atoms. The van der Waals surface area contributed by atoms with Crippen molar-refractivity contribution in [3.63, 3.8) is 0 Å². The molecule has 1 aromatic heterocycles. The van der Waals surface area contributed by atoms with Gasteiger partial charge in [-0.15, -0.1) is 6.58 Å². The molecule has 2 saturated heterocycles. The summed E-state index contributed by atoms with van der Waals surface area (Å²) in [7, 11) is 0. The van der Waals surface area contributed by atoms with Crippen molar-refractivity contribution in [3.05, 3.63) is 44.6 Å². The lowest BCUT2D eigenvalue weighted by atomic mass is 10.0. The molecule has 32 heavy (non-hydrogen) atoms. The second-order valence-corrected chi connectivity index (χ2v) is 9.48. The van der Waals surface area contributed by atoms with Crippen LogP contribution < -0.4 is 10.5 Å². The van der Waals surface area contributed by atoms with Gasteiger partial charge in [0.25, 0.3) is 11.5 Å². The summed E-state index contributed by atoms with van der Waals surface area (Å²) in [4.78, 5) is 32.8. The Bertz CT molecular complexity index is 1060. The maximum atomic E-state index is 13.2. The number of thiocarbonyl (C=S) groups is 1. The van der Waals surface area contributed by atoms with Crippen molar-refractivity contribution in [2.45, 2.75) is 33.7 Å².